The number of nitrogens with zero attached hydrogens (tertiary/aromatic N) is 2. The fraction of sp³-hybridized carbons (Fsp3) is 0.375. The molecular weight excluding hydrogens is 422 g/mol. The topological polar surface area (TPSA) is 103 Å². The number of amides is 4. The maximum atomic E-state index is 12.8. The highest BCUT2D eigenvalue weighted by molar-refractivity contribution is 6.00. The van der Waals surface area contributed by atoms with E-state index in [1.807, 2.05) is 38.1 Å². The standard InChI is InChI=1S/C24H31N5O4/c1-17(2)25-24(32)27-20-6-4-5-18(15-20)23(31)28(3)16-22(30)26-19-7-9-21(10-8-19)29-11-13-33-14-12-29/h4-10,15,17H,11-14,16H2,1-3H3,(H,26,30)(H2,25,27,32). The number of hydrogen-bond donors (Lipinski definition) is 3. The van der Waals surface area contributed by atoms with Crippen molar-refractivity contribution in [2.24, 2.45) is 0 Å². The van der Waals surface area contributed by atoms with E-state index in [2.05, 4.69) is 20.9 Å². The summed E-state index contributed by atoms with van der Waals surface area (Å²) >= 11 is 0. The third-order valence-corrected chi connectivity index (χ3v) is 5.04. The Hall–Kier alpha value is -3.59. The lowest BCUT2D eigenvalue weighted by Gasteiger charge is -2.28. The van der Waals surface area contributed by atoms with Gasteiger partial charge in [0.1, 0.15) is 0 Å². The van der Waals surface area contributed by atoms with Crippen LogP contribution in [0.4, 0.5) is 21.9 Å². The van der Waals surface area contributed by atoms with Gasteiger partial charge in [-0.15, -0.1) is 0 Å². The molecule has 0 aliphatic carbocycles. The molecule has 0 spiro atoms. The fourth-order valence-corrected chi connectivity index (χ4v) is 3.44. The smallest absolute Gasteiger partial charge is 0.319 e. The average Bonchev–Trinajstić information content (AvgIpc) is 2.79. The molecule has 9 nitrogen and oxygen atoms in total. The highest BCUT2D eigenvalue weighted by Crippen LogP contribution is 2.19. The first-order valence-corrected chi connectivity index (χ1v) is 11.0. The summed E-state index contributed by atoms with van der Waals surface area (Å²) in [5.41, 5.74) is 2.62. The van der Waals surface area contributed by atoms with E-state index in [-0.39, 0.29) is 30.4 Å². The van der Waals surface area contributed by atoms with Crippen molar-refractivity contribution in [3.8, 4) is 0 Å². The van der Waals surface area contributed by atoms with Gasteiger partial charge in [-0.05, 0) is 56.3 Å². The quantitative estimate of drug-likeness (QED) is 0.598. The van der Waals surface area contributed by atoms with Crippen LogP contribution in [0.15, 0.2) is 48.5 Å². The van der Waals surface area contributed by atoms with Crippen molar-refractivity contribution in [1.29, 1.82) is 0 Å². The van der Waals surface area contributed by atoms with Crippen LogP contribution in [0.2, 0.25) is 0 Å². The minimum Gasteiger partial charge on any atom is -0.378 e. The number of urea groups is 1. The average molecular weight is 454 g/mol. The minimum atomic E-state index is -0.345. The van der Waals surface area contributed by atoms with Crippen LogP contribution in [-0.2, 0) is 9.53 Å². The highest BCUT2D eigenvalue weighted by Gasteiger charge is 2.16. The lowest BCUT2D eigenvalue weighted by molar-refractivity contribution is -0.116. The van der Waals surface area contributed by atoms with Gasteiger partial charge in [-0.2, -0.15) is 0 Å². The zero-order valence-electron chi connectivity index (χ0n) is 19.3. The van der Waals surface area contributed by atoms with E-state index in [0.717, 1.165) is 18.8 Å². The predicted octanol–water partition coefficient (Wildman–Crippen LogP) is 2.76. The summed E-state index contributed by atoms with van der Waals surface area (Å²) in [6.07, 6.45) is 0. The number of likely N-dealkylation sites (N-methyl/N-ethyl adjacent to an activating group) is 1. The molecule has 0 aromatic heterocycles. The number of hydrogen-bond acceptors (Lipinski definition) is 5. The van der Waals surface area contributed by atoms with Crippen LogP contribution in [0, 0.1) is 0 Å². The van der Waals surface area contributed by atoms with Gasteiger partial charge in [0.25, 0.3) is 5.91 Å². The number of benzene rings is 2. The second-order valence-electron chi connectivity index (χ2n) is 8.19. The molecule has 3 N–H and O–H groups in total. The van der Waals surface area contributed by atoms with Crippen LogP contribution < -0.4 is 20.9 Å². The Morgan fingerprint density at radius 1 is 1.00 bits per heavy atom. The Morgan fingerprint density at radius 3 is 2.36 bits per heavy atom. The van der Waals surface area contributed by atoms with Crippen LogP contribution in [0.5, 0.6) is 0 Å². The molecule has 0 bridgehead atoms. The van der Waals surface area contributed by atoms with Crippen molar-refractivity contribution in [3.63, 3.8) is 0 Å². The van der Waals surface area contributed by atoms with Crippen molar-refractivity contribution in [1.82, 2.24) is 10.2 Å². The second kappa shape index (κ2) is 11.3. The van der Waals surface area contributed by atoms with E-state index in [0.29, 0.717) is 30.2 Å². The van der Waals surface area contributed by atoms with Gasteiger partial charge in [0.15, 0.2) is 0 Å². The first kappa shape index (κ1) is 24.1. The van der Waals surface area contributed by atoms with Crippen molar-refractivity contribution in [3.05, 3.63) is 54.1 Å². The molecule has 1 aliphatic rings. The number of carbonyl (C=O) groups excluding carboxylic acids is 3. The zero-order chi connectivity index (χ0) is 23.8. The molecule has 1 fully saturated rings. The Kier molecular flexibility index (Phi) is 8.26. The van der Waals surface area contributed by atoms with E-state index in [9.17, 15) is 14.4 Å². The zero-order valence-corrected chi connectivity index (χ0v) is 19.3. The molecular formula is C24H31N5O4. The fourth-order valence-electron chi connectivity index (χ4n) is 3.44. The van der Waals surface area contributed by atoms with Gasteiger partial charge in [-0.25, -0.2) is 4.79 Å². The summed E-state index contributed by atoms with van der Waals surface area (Å²) in [4.78, 5) is 40.7. The SMILES string of the molecule is CC(C)NC(=O)Nc1cccc(C(=O)N(C)CC(=O)Nc2ccc(N3CCOCC3)cc2)c1. The predicted molar refractivity (Wildman–Crippen MR) is 129 cm³/mol. The molecule has 2 aromatic carbocycles. The van der Waals surface area contributed by atoms with Crippen molar-refractivity contribution < 1.29 is 19.1 Å². The first-order chi connectivity index (χ1) is 15.8. The molecule has 0 saturated carbocycles. The van der Waals surface area contributed by atoms with E-state index in [1.165, 1.54) is 4.90 Å². The molecule has 1 aliphatic heterocycles. The molecule has 0 unspecified atom stereocenters. The number of ether oxygens (including phenoxy) is 1. The van der Waals surface area contributed by atoms with E-state index < -0.39 is 0 Å². The molecule has 176 valence electrons. The molecule has 1 saturated heterocycles. The number of morpholine rings is 1. The molecule has 3 rings (SSSR count). The van der Waals surface area contributed by atoms with Gasteiger partial charge in [0.2, 0.25) is 5.91 Å². The van der Waals surface area contributed by atoms with Gasteiger partial charge in [-0.1, -0.05) is 6.07 Å². The maximum absolute atomic E-state index is 12.8. The molecule has 0 atom stereocenters. The number of carbonyl (C=O) groups is 3. The van der Waals surface area contributed by atoms with Crippen LogP contribution in [0.3, 0.4) is 0 Å². The Morgan fingerprint density at radius 2 is 1.70 bits per heavy atom. The van der Waals surface area contributed by atoms with Gasteiger partial charge in [-0.3, -0.25) is 9.59 Å². The molecule has 1 heterocycles. The van der Waals surface area contributed by atoms with E-state index >= 15 is 0 Å². The summed E-state index contributed by atoms with van der Waals surface area (Å²) in [6, 6.07) is 13.9. The van der Waals surface area contributed by atoms with E-state index in [1.54, 1.807) is 31.3 Å². The summed E-state index contributed by atoms with van der Waals surface area (Å²) < 4.78 is 5.37. The molecule has 33 heavy (non-hydrogen) atoms. The van der Waals surface area contributed by atoms with E-state index in [4.69, 9.17) is 4.74 Å². The molecule has 9 heteroatoms. The normalized spacial score (nSPS) is 13.4. The van der Waals surface area contributed by atoms with Crippen molar-refractivity contribution >= 4 is 34.9 Å². The maximum Gasteiger partial charge on any atom is 0.319 e. The Labute approximate surface area is 194 Å². The first-order valence-electron chi connectivity index (χ1n) is 11.0. The largest absolute Gasteiger partial charge is 0.378 e. The number of anilines is 3. The number of nitrogens with one attached hydrogen (secondary N) is 3. The second-order valence-corrected chi connectivity index (χ2v) is 8.19. The van der Waals surface area contributed by atoms with Crippen molar-refractivity contribution in [2.75, 3.05) is 55.4 Å². The Bertz CT molecular complexity index is 971. The van der Waals surface area contributed by atoms with Gasteiger partial charge in [0.05, 0.1) is 19.8 Å². The number of rotatable bonds is 7. The molecule has 2 aromatic rings. The molecule has 0 radical (unpaired) electrons. The molecule has 4 amide bonds. The third-order valence-electron chi connectivity index (χ3n) is 5.04. The highest BCUT2D eigenvalue weighted by atomic mass is 16.5. The summed E-state index contributed by atoms with van der Waals surface area (Å²) in [5, 5.41) is 8.25. The lowest BCUT2D eigenvalue weighted by Crippen LogP contribution is -2.36. The summed E-state index contributed by atoms with van der Waals surface area (Å²) in [6.45, 7) is 6.73. The third kappa shape index (κ3) is 7.21. The van der Waals surface area contributed by atoms with Gasteiger partial charge in [0, 0.05) is 48.8 Å². The lowest BCUT2D eigenvalue weighted by atomic mass is 10.1. The van der Waals surface area contributed by atoms with Crippen LogP contribution >= 0.6 is 0 Å². The van der Waals surface area contributed by atoms with Gasteiger partial charge >= 0.3 is 6.03 Å². The summed E-state index contributed by atoms with van der Waals surface area (Å²) in [7, 11) is 1.56. The summed E-state index contributed by atoms with van der Waals surface area (Å²) in [5.74, 6) is -0.615. The van der Waals surface area contributed by atoms with Crippen LogP contribution in [-0.4, -0.2) is 68.7 Å². The minimum absolute atomic E-state index is 0.00460. The van der Waals surface area contributed by atoms with Crippen LogP contribution in [0.1, 0.15) is 24.2 Å². The van der Waals surface area contributed by atoms with Crippen LogP contribution in [0.25, 0.3) is 0 Å². The van der Waals surface area contributed by atoms with Crippen molar-refractivity contribution in [2.45, 2.75) is 19.9 Å². The monoisotopic (exact) mass is 453 g/mol. The Balaban J connectivity index is 1.53. The van der Waals surface area contributed by atoms with Gasteiger partial charge < -0.3 is 30.5 Å².